The number of benzene rings is 4. The van der Waals surface area contributed by atoms with Gasteiger partial charge in [-0.3, -0.25) is 9.52 Å². The van der Waals surface area contributed by atoms with Gasteiger partial charge in [0.2, 0.25) is 0 Å². The molecule has 0 atom stereocenters. The summed E-state index contributed by atoms with van der Waals surface area (Å²) in [6.45, 7) is 0. The quantitative estimate of drug-likeness (QED) is 0.112. The zero-order valence-corrected chi connectivity index (χ0v) is 22.6. The number of carbonyl (C=O) groups excluding carboxylic acids is 2. The maximum atomic E-state index is 12.7. The largest absolute Gasteiger partial charge is 0.423 e. The van der Waals surface area contributed by atoms with Crippen molar-refractivity contribution in [2.45, 2.75) is 4.90 Å². The van der Waals surface area contributed by atoms with Gasteiger partial charge in [-0.05, 0) is 90.5 Å². The average molecular weight is 613 g/mol. The Balaban J connectivity index is 1.38. The summed E-state index contributed by atoms with van der Waals surface area (Å²) in [5.41, 5.74) is 3.60. The van der Waals surface area contributed by atoms with Crippen molar-refractivity contribution in [2.75, 3.05) is 4.72 Å². The van der Waals surface area contributed by atoms with Crippen LogP contribution in [0, 0.1) is 0 Å². The van der Waals surface area contributed by atoms with Crippen molar-refractivity contribution < 1.29 is 22.7 Å². The number of nitrogens with one attached hydrogen (secondary N) is 2. The smallest absolute Gasteiger partial charge is 0.343 e. The number of nitrogens with zero attached hydrogens (tertiary/aromatic N) is 1. The molecule has 0 fully saturated rings. The Labute approximate surface area is 232 Å². The number of amides is 1. The maximum Gasteiger partial charge on any atom is 0.343 e. The van der Waals surface area contributed by atoms with Crippen molar-refractivity contribution >= 4 is 61.3 Å². The molecule has 2 N–H and O–H groups in total. The van der Waals surface area contributed by atoms with Crippen LogP contribution in [0.25, 0.3) is 0 Å². The number of rotatable bonds is 8. The zero-order valence-electron chi connectivity index (χ0n) is 19.5. The molecule has 0 aromatic heterocycles. The second-order valence-electron chi connectivity index (χ2n) is 7.77. The first kappa shape index (κ1) is 27.1. The van der Waals surface area contributed by atoms with Crippen molar-refractivity contribution in [1.29, 1.82) is 0 Å². The second-order valence-corrected chi connectivity index (χ2v) is 10.8. The summed E-state index contributed by atoms with van der Waals surface area (Å²) in [6.07, 6.45) is 1.40. The maximum absolute atomic E-state index is 12.7. The van der Waals surface area contributed by atoms with E-state index in [1.54, 1.807) is 60.7 Å². The third-order valence-corrected chi connectivity index (χ3v) is 7.25. The molecule has 4 aromatic rings. The molecule has 0 aliphatic rings. The molecule has 0 saturated carbocycles. The molecule has 192 valence electrons. The molecule has 0 heterocycles. The highest BCUT2D eigenvalue weighted by molar-refractivity contribution is 9.10. The van der Waals surface area contributed by atoms with Crippen LogP contribution < -0.4 is 14.9 Å². The molecule has 0 aliphatic carbocycles. The van der Waals surface area contributed by atoms with Crippen molar-refractivity contribution in [3.8, 4) is 5.75 Å². The number of hydrazone groups is 1. The van der Waals surface area contributed by atoms with Gasteiger partial charge in [0.1, 0.15) is 5.75 Å². The van der Waals surface area contributed by atoms with E-state index < -0.39 is 21.9 Å². The van der Waals surface area contributed by atoms with Gasteiger partial charge in [-0.15, -0.1) is 0 Å². The highest BCUT2D eigenvalue weighted by atomic mass is 79.9. The Kier molecular flexibility index (Phi) is 8.57. The number of hydrogen-bond acceptors (Lipinski definition) is 6. The summed E-state index contributed by atoms with van der Waals surface area (Å²) in [5.74, 6) is -0.756. The van der Waals surface area contributed by atoms with Crippen LogP contribution in [0.3, 0.4) is 0 Å². The van der Waals surface area contributed by atoms with Crippen LogP contribution in [-0.2, 0) is 10.0 Å². The van der Waals surface area contributed by atoms with E-state index in [4.69, 9.17) is 16.3 Å². The standard InChI is InChI=1S/C27H19BrClN3O5S/c28-20-9-7-19(8-10-20)27(34)37-22-13-5-18(6-14-22)17-30-31-26(33)24-3-1-2-4-25(24)32-38(35,36)23-15-11-21(29)12-16-23/h1-17,32H,(H,31,33)/b30-17+. The minimum Gasteiger partial charge on any atom is -0.423 e. The van der Waals surface area contributed by atoms with E-state index in [-0.39, 0.29) is 16.1 Å². The van der Waals surface area contributed by atoms with Crippen molar-refractivity contribution in [1.82, 2.24) is 5.43 Å². The molecule has 0 radical (unpaired) electrons. The van der Waals surface area contributed by atoms with Crippen molar-refractivity contribution in [3.63, 3.8) is 0 Å². The Morgan fingerprint density at radius 2 is 1.53 bits per heavy atom. The molecule has 0 saturated heterocycles. The summed E-state index contributed by atoms with van der Waals surface area (Å²) in [5, 5.41) is 4.34. The third-order valence-electron chi connectivity index (χ3n) is 5.09. The summed E-state index contributed by atoms with van der Waals surface area (Å²) in [6, 6.07) is 25.1. The van der Waals surface area contributed by atoms with Crippen LogP contribution in [0.5, 0.6) is 5.75 Å². The van der Waals surface area contributed by atoms with Crippen LogP contribution in [-0.4, -0.2) is 26.5 Å². The van der Waals surface area contributed by atoms with Crippen molar-refractivity contribution in [3.05, 3.63) is 123 Å². The summed E-state index contributed by atoms with van der Waals surface area (Å²) >= 11 is 9.15. The van der Waals surface area contributed by atoms with Gasteiger partial charge in [-0.1, -0.05) is 39.7 Å². The van der Waals surface area contributed by atoms with E-state index in [1.165, 1.54) is 42.6 Å². The van der Waals surface area contributed by atoms with E-state index in [1.807, 2.05) is 0 Å². The molecular weight excluding hydrogens is 594 g/mol. The van der Waals surface area contributed by atoms with E-state index in [0.29, 0.717) is 21.9 Å². The first-order valence-corrected chi connectivity index (χ1v) is 13.7. The SMILES string of the molecule is O=C(Oc1ccc(/C=N/NC(=O)c2ccccc2NS(=O)(=O)c2ccc(Cl)cc2)cc1)c1ccc(Br)cc1. The number of esters is 1. The predicted octanol–water partition coefficient (Wildman–Crippen LogP) is 5.89. The lowest BCUT2D eigenvalue weighted by Crippen LogP contribution is -2.21. The number of halogens is 2. The van der Waals surface area contributed by atoms with Crippen LogP contribution in [0.15, 0.2) is 112 Å². The van der Waals surface area contributed by atoms with Gasteiger partial charge in [0.05, 0.1) is 27.9 Å². The van der Waals surface area contributed by atoms with Gasteiger partial charge >= 0.3 is 5.97 Å². The molecule has 0 bridgehead atoms. The number of carbonyl (C=O) groups is 2. The molecule has 0 unspecified atom stereocenters. The zero-order chi connectivity index (χ0) is 27.1. The second kappa shape index (κ2) is 12.0. The number of hydrogen-bond donors (Lipinski definition) is 2. The molecule has 4 rings (SSSR count). The number of sulfonamides is 1. The minimum absolute atomic E-state index is 0.00102. The van der Waals surface area contributed by atoms with Crippen LogP contribution in [0.4, 0.5) is 5.69 Å². The Bertz CT molecular complexity index is 1590. The lowest BCUT2D eigenvalue weighted by Gasteiger charge is -2.11. The topological polar surface area (TPSA) is 114 Å². The average Bonchev–Trinajstić information content (AvgIpc) is 2.90. The van der Waals surface area contributed by atoms with Gasteiger partial charge in [0, 0.05) is 9.50 Å². The highest BCUT2D eigenvalue weighted by Crippen LogP contribution is 2.21. The van der Waals surface area contributed by atoms with Crippen LogP contribution >= 0.6 is 27.5 Å². The fourth-order valence-electron chi connectivity index (χ4n) is 3.19. The fraction of sp³-hybridized carbons (Fsp3) is 0. The molecule has 0 aliphatic heterocycles. The first-order chi connectivity index (χ1) is 18.2. The van der Waals surface area contributed by atoms with Gasteiger partial charge in [-0.2, -0.15) is 5.10 Å². The molecular formula is C27H19BrClN3O5S. The molecule has 11 heteroatoms. The lowest BCUT2D eigenvalue weighted by molar-refractivity contribution is 0.0734. The minimum atomic E-state index is -3.95. The lowest BCUT2D eigenvalue weighted by atomic mass is 10.2. The third kappa shape index (κ3) is 7.06. The van der Waals surface area contributed by atoms with Gasteiger partial charge in [-0.25, -0.2) is 18.6 Å². The molecule has 0 spiro atoms. The number of anilines is 1. The van der Waals surface area contributed by atoms with Gasteiger partial charge in [0.15, 0.2) is 0 Å². The Hall–Kier alpha value is -3.99. The summed E-state index contributed by atoms with van der Waals surface area (Å²) < 4.78 is 34.1. The van der Waals surface area contributed by atoms with Gasteiger partial charge < -0.3 is 4.74 Å². The fourth-order valence-corrected chi connectivity index (χ4v) is 4.66. The molecule has 4 aromatic carbocycles. The molecule has 38 heavy (non-hydrogen) atoms. The molecule has 8 nitrogen and oxygen atoms in total. The van der Waals surface area contributed by atoms with E-state index in [0.717, 1.165) is 4.47 Å². The van der Waals surface area contributed by atoms with E-state index >= 15 is 0 Å². The molecule has 1 amide bonds. The van der Waals surface area contributed by atoms with Crippen LogP contribution in [0.2, 0.25) is 5.02 Å². The Morgan fingerprint density at radius 3 is 2.21 bits per heavy atom. The van der Waals surface area contributed by atoms with Crippen LogP contribution in [0.1, 0.15) is 26.3 Å². The number of para-hydroxylation sites is 1. The summed E-state index contributed by atoms with van der Waals surface area (Å²) in [4.78, 5) is 25.0. The normalized spacial score (nSPS) is 11.2. The number of ether oxygens (including phenoxy) is 1. The predicted molar refractivity (Wildman–Crippen MR) is 149 cm³/mol. The van der Waals surface area contributed by atoms with E-state index in [9.17, 15) is 18.0 Å². The summed E-state index contributed by atoms with van der Waals surface area (Å²) in [7, 11) is -3.95. The van der Waals surface area contributed by atoms with Gasteiger partial charge in [0.25, 0.3) is 15.9 Å². The highest BCUT2D eigenvalue weighted by Gasteiger charge is 2.18. The Morgan fingerprint density at radius 1 is 0.868 bits per heavy atom. The first-order valence-electron chi connectivity index (χ1n) is 11.0. The monoisotopic (exact) mass is 611 g/mol. The van der Waals surface area contributed by atoms with Crippen molar-refractivity contribution in [2.24, 2.45) is 5.10 Å². The van der Waals surface area contributed by atoms with E-state index in [2.05, 4.69) is 31.2 Å².